The highest BCUT2D eigenvalue weighted by Gasteiger charge is 2.27. The van der Waals surface area contributed by atoms with Gasteiger partial charge in [0, 0.05) is 6.42 Å². The van der Waals surface area contributed by atoms with Gasteiger partial charge in [-0.05, 0) is 19.3 Å². The molecule has 0 radical (unpaired) electrons. The molecule has 1 amide bonds. The summed E-state index contributed by atoms with van der Waals surface area (Å²) in [7, 11) is 1.54. The van der Waals surface area contributed by atoms with E-state index < -0.39 is 20.0 Å². The van der Waals surface area contributed by atoms with Gasteiger partial charge >= 0.3 is 7.82 Å². The van der Waals surface area contributed by atoms with Crippen molar-refractivity contribution < 1.29 is 32.9 Å². The van der Waals surface area contributed by atoms with Crippen LogP contribution in [0.5, 0.6) is 0 Å². The van der Waals surface area contributed by atoms with Crippen LogP contribution in [0.2, 0.25) is 0 Å². The highest BCUT2D eigenvalue weighted by atomic mass is 31.2. The number of allylic oxidation sites excluding steroid dienone is 3. The summed E-state index contributed by atoms with van der Waals surface area (Å²) < 4.78 is 23.2. The van der Waals surface area contributed by atoms with E-state index in [0.29, 0.717) is 17.4 Å². The molecule has 0 saturated carbocycles. The average molecular weight is 604 g/mol. The van der Waals surface area contributed by atoms with Crippen LogP contribution in [0.3, 0.4) is 0 Å². The molecule has 0 aromatic heterocycles. The summed E-state index contributed by atoms with van der Waals surface area (Å²) in [5.41, 5.74) is 0. The first-order chi connectivity index (χ1) is 19.5. The van der Waals surface area contributed by atoms with Crippen molar-refractivity contribution in [1.29, 1.82) is 0 Å². The molecule has 0 fully saturated rings. The summed E-state index contributed by atoms with van der Waals surface area (Å²) in [6.45, 7) is 4.68. The molecule has 0 aliphatic carbocycles. The molecule has 0 spiro atoms. The standard InChI is InChI=1S/C32H63N2O6P/c1-6-8-10-12-14-16-18-20-22-24-26-32(36)33-30(29-40-41(37,38)39-28-27-34(3,4)5)31(35)25-23-21-19-17-15-13-11-9-7-2/h19,21,23,25,30-31,35H,6-18,20,22,24,26-29H2,1-5H3,(H-,33,36,37,38)/p+1/b21-19+,25-23+/t30-,31+/m0/s1. The quantitative estimate of drug-likeness (QED) is 0.0371. The lowest BCUT2D eigenvalue weighted by Gasteiger charge is -2.25. The summed E-state index contributed by atoms with van der Waals surface area (Å²) in [6, 6.07) is -0.869. The van der Waals surface area contributed by atoms with E-state index in [0.717, 1.165) is 32.1 Å². The minimum Gasteiger partial charge on any atom is -0.387 e. The Hall–Kier alpha value is -1.02. The minimum atomic E-state index is -4.32. The average Bonchev–Trinajstić information content (AvgIpc) is 2.90. The van der Waals surface area contributed by atoms with Crippen LogP contribution in [0.15, 0.2) is 24.3 Å². The lowest BCUT2D eigenvalue weighted by Crippen LogP contribution is -2.45. The number of carbonyl (C=O) groups is 1. The molecule has 0 rings (SSSR count). The molecule has 41 heavy (non-hydrogen) atoms. The number of nitrogens with zero attached hydrogens (tertiary/aromatic N) is 1. The summed E-state index contributed by atoms with van der Waals surface area (Å²) >= 11 is 0. The molecule has 0 aromatic carbocycles. The van der Waals surface area contributed by atoms with Crippen molar-refractivity contribution in [1.82, 2.24) is 5.32 Å². The smallest absolute Gasteiger partial charge is 0.387 e. The van der Waals surface area contributed by atoms with Crippen LogP contribution in [0.4, 0.5) is 0 Å². The van der Waals surface area contributed by atoms with Gasteiger partial charge in [0.1, 0.15) is 13.2 Å². The number of phosphoric ester groups is 1. The number of phosphoric acid groups is 1. The highest BCUT2D eigenvalue weighted by Crippen LogP contribution is 2.43. The number of aliphatic hydroxyl groups excluding tert-OH is 1. The van der Waals surface area contributed by atoms with E-state index in [1.54, 1.807) is 12.2 Å². The van der Waals surface area contributed by atoms with Crippen LogP contribution in [0.25, 0.3) is 0 Å². The van der Waals surface area contributed by atoms with Gasteiger partial charge < -0.3 is 19.8 Å². The zero-order valence-corrected chi connectivity index (χ0v) is 27.9. The third kappa shape index (κ3) is 27.6. The Labute approximate surface area is 252 Å². The molecule has 242 valence electrons. The first kappa shape index (κ1) is 40.0. The van der Waals surface area contributed by atoms with Crippen molar-refractivity contribution in [3.8, 4) is 0 Å². The second kappa shape index (κ2) is 25.5. The van der Waals surface area contributed by atoms with E-state index in [-0.39, 0.29) is 19.1 Å². The molecule has 1 unspecified atom stereocenters. The van der Waals surface area contributed by atoms with E-state index in [4.69, 9.17) is 9.05 Å². The van der Waals surface area contributed by atoms with Crippen LogP contribution in [0.1, 0.15) is 123 Å². The normalized spacial score (nSPS) is 15.4. The molecular weight excluding hydrogens is 539 g/mol. The highest BCUT2D eigenvalue weighted by molar-refractivity contribution is 7.47. The largest absolute Gasteiger partial charge is 0.472 e. The Morgan fingerprint density at radius 3 is 1.93 bits per heavy atom. The lowest BCUT2D eigenvalue weighted by atomic mass is 10.1. The SMILES string of the molecule is CCCCCCC/C=C/C=C/[C@@H](O)[C@H](COP(=O)(O)OCC[N+](C)(C)C)NC(=O)CCCCCCCCCCCC. The summed E-state index contributed by atoms with van der Waals surface area (Å²) in [6.07, 6.45) is 25.4. The van der Waals surface area contributed by atoms with Crippen LogP contribution in [-0.2, 0) is 18.4 Å². The Bertz CT molecular complexity index is 738. The van der Waals surface area contributed by atoms with Crippen LogP contribution in [0, 0.1) is 0 Å². The number of carbonyl (C=O) groups excluding carboxylic acids is 1. The van der Waals surface area contributed by atoms with Crippen molar-refractivity contribution in [2.45, 2.75) is 135 Å². The van der Waals surface area contributed by atoms with Crippen molar-refractivity contribution in [2.24, 2.45) is 0 Å². The van der Waals surface area contributed by atoms with E-state index in [1.165, 1.54) is 70.6 Å². The van der Waals surface area contributed by atoms with E-state index in [1.807, 2.05) is 27.2 Å². The fraction of sp³-hybridized carbons (Fsp3) is 0.844. The van der Waals surface area contributed by atoms with Gasteiger partial charge in [-0.2, -0.15) is 0 Å². The number of unbranched alkanes of at least 4 members (excludes halogenated alkanes) is 14. The number of hydrogen-bond acceptors (Lipinski definition) is 5. The van der Waals surface area contributed by atoms with Gasteiger partial charge in [-0.1, -0.05) is 122 Å². The van der Waals surface area contributed by atoms with Gasteiger partial charge in [0.2, 0.25) is 5.91 Å². The molecule has 0 aromatic rings. The number of nitrogens with one attached hydrogen (secondary N) is 1. The Morgan fingerprint density at radius 1 is 0.829 bits per heavy atom. The number of rotatable bonds is 28. The number of aliphatic hydroxyl groups is 1. The molecule has 8 nitrogen and oxygen atoms in total. The predicted octanol–water partition coefficient (Wildman–Crippen LogP) is 7.46. The van der Waals surface area contributed by atoms with E-state index in [9.17, 15) is 19.4 Å². The lowest BCUT2D eigenvalue weighted by molar-refractivity contribution is -0.870. The molecule has 0 bridgehead atoms. The monoisotopic (exact) mass is 603 g/mol. The molecular formula is C32H64N2O6P+. The Kier molecular flexibility index (Phi) is 24.8. The molecule has 0 saturated heterocycles. The zero-order chi connectivity index (χ0) is 30.8. The maximum atomic E-state index is 12.6. The number of quaternary nitrogens is 1. The van der Waals surface area contributed by atoms with Gasteiger partial charge in [0.25, 0.3) is 0 Å². The first-order valence-electron chi connectivity index (χ1n) is 16.2. The third-order valence-corrected chi connectivity index (χ3v) is 7.96. The van der Waals surface area contributed by atoms with E-state index in [2.05, 4.69) is 25.2 Å². The minimum absolute atomic E-state index is 0.0543. The van der Waals surface area contributed by atoms with Crippen molar-refractivity contribution in [3.05, 3.63) is 24.3 Å². The number of amides is 1. The third-order valence-electron chi connectivity index (χ3n) is 6.98. The molecule has 0 aliphatic heterocycles. The molecule has 0 aliphatic rings. The van der Waals surface area contributed by atoms with Gasteiger partial charge in [-0.15, -0.1) is 0 Å². The predicted molar refractivity (Wildman–Crippen MR) is 171 cm³/mol. The van der Waals surface area contributed by atoms with Crippen LogP contribution in [-0.4, -0.2) is 73.4 Å². The van der Waals surface area contributed by atoms with Gasteiger partial charge in [0.15, 0.2) is 0 Å². The second-order valence-corrected chi connectivity index (χ2v) is 13.7. The van der Waals surface area contributed by atoms with Gasteiger partial charge in [-0.25, -0.2) is 4.57 Å². The first-order valence-corrected chi connectivity index (χ1v) is 17.7. The fourth-order valence-corrected chi connectivity index (χ4v) is 5.01. The zero-order valence-electron chi connectivity index (χ0n) is 27.0. The molecule has 3 N–H and O–H groups in total. The summed E-state index contributed by atoms with van der Waals surface area (Å²) in [4.78, 5) is 22.8. The van der Waals surface area contributed by atoms with Gasteiger partial charge in [-0.3, -0.25) is 13.8 Å². The number of likely N-dealkylation sites (N-methyl/N-ethyl adjacent to an activating group) is 1. The fourth-order valence-electron chi connectivity index (χ4n) is 4.27. The second-order valence-electron chi connectivity index (χ2n) is 12.2. The van der Waals surface area contributed by atoms with Crippen molar-refractivity contribution >= 4 is 13.7 Å². The van der Waals surface area contributed by atoms with Crippen molar-refractivity contribution in [2.75, 3.05) is 40.9 Å². The van der Waals surface area contributed by atoms with Crippen LogP contribution >= 0.6 is 7.82 Å². The Morgan fingerprint density at radius 2 is 1.37 bits per heavy atom. The maximum Gasteiger partial charge on any atom is 0.472 e. The van der Waals surface area contributed by atoms with E-state index >= 15 is 0 Å². The molecule has 3 atom stereocenters. The number of hydrogen-bond donors (Lipinski definition) is 3. The summed E-state index contributed by atoms with van der Waals surface area (Å²) in [5.74, 6) is -0.202. The maximum absolute atomic E-state index is 12.6. The Balaban J connectivity index is 4.72. The summed E-state index contributed by atoms with van der Waals surface area (Å²) in [5, 5.41) is 13.6. The topological polar surface area (TPSA) is 105 Å². The van der Waals surface area contributed by atoms with Gasteiger partial charge in [0.05, 0.1) is 39.9 Å². The van der Waals surface area contributed by atoms with Crippen LogP contribution < -0.4 is 5.32 Å². The molecule has 0 heterocycles. The molecule has 9 heteroatoms. The van der Waals surface area contributed by atoms with Crippen molar-refractivity contribution in [3.63, 3.8) is 0 Å².